The summed E-state index contributed by atoms with van der Waals surface area (Å²) in [5.74, 6) is 0. The van der Waals surface area contributed by atoms with Gasteiger partial charge in [-0.1, -0.05) is 36.4 Å². The van der Waals surface area contributed by atoms with Crippen LogP contribution < -0.4 is 0 Å². The Kier molecular flexibility index (Phi) is 3.07. The highest BCUT2D eigenvalue weighted by Gasteiger charge is 2.04. The van der Waals surface area contributed by atoms with Gasteiger partial charge in [-0.3, -0.25) is 0 Å². The standard InChI is InChI=1S/C9H12OSi/c1-2-9(11-10)8-6-4-3-5-7-8/h2-7,9-10H,1,11H2. The van der Waals surface area contributed by atoms with E-state index in [1.54, 1.807) is 0 Å². The molecule has 0 fully saturated rings. The molecule has 0 aliphatic carbocycles. The fourth-order valence-electron chi connectivity index (χ4n) is 1.02. The maximum Gasteiger partial charge on any atom is 0.167 e. The molecule has 1 unspecified atom stereocenters. The van der Waals surface area contributed by atoms with E-state index < -0.39 is 9.76 Å². The van der Waals surface area contributed by atoms with E-state index >= 15 is 0 Å². The molecule has 0 amide bonds. The molecular formula is C9H12OSi. The summed E-state index contributed by atoms with van der Waals surface area (Å²) in [6.45, 7) is 3.68. The van der Waals surface area contributed by atoms with E-state index in [1.807, 2.05) is 36.4 Å². The van der Waals surface area contributed by atoms with Crippen molar-refractivity contribution < 1.29 is 4.80 Å². The molecule has 0 bridgehead atoms. The minimum absolute atomic E-state index is 0.219. The molecule has 2 heteroatoms. The molecule has 0 aliphatic rings. The molecule has 1 nitrogen and oxygen atoms in total. The first kappa shape index (κ1) is 8.24. The zero-order valence-corrected chi connectivity index (χ0v) is 7.82. The Morgan fingerprint density at radius 1 is 1.36 bits per heavy atom. The van der Waals surface area contributed by atoms with Crippen molar-refractivity contribution in [3.63, 3.8) is 0 Å². The van der Waals surface area contributed by atoms with Crippen molar-refractivity contribution in [1.82, 2.24) is 0 Å². The number of hydrogen-bond donors (Lipinski definition) is 1. The van der Waals surface area contributed by atoms with Gasteiger partial charge in [-0.05, 0) is 5.56 Å². The van der Waals surface area contributed by atoms with Gasteiger partial charge in [0.15, 0.2) is 9.76 Å². The van der Waals surface area contributed by atoms with Crippen LogP contribution in [0.25, 0.3) is 0 Å². The average Bonchev–Trinajstić information content (AvgIpc) is 2.09. The molecule has 58 valence electrons. The minimum atomic E-state index is -0.988. The second kappa shape index (κ2) is 4.11. The Bertz CT molecular complexity index is 220. The van der Waals surface area contributed by atoms with Crippen molar-refractivity contribution in [1.29, 1.82) is 0 Å². The van der Waals surface area contributed by atoms with Crippen LogP contribution in [0.1, 0.15) is 11.1 Å². The Morgan fingerprint density at radius 3 is 2.45 bits per heavy atom. The number of allylic oxidation sites excluding steroid dienone is 1. The molecule has 0 aliphatic heterocycles. The van der Waals surface area contributed by atoms with Crippen molar-refractivity contribution in [2.24, 2.45) is 0 Å². The zero-order chi connectivity index (χ0) is 8.10. The van der Waals surface area contributed by atoms with Crippen LogP contribution in [0.5, 0.6) is 0 Å². The number of hydrogen-bond acceptors (Lipinski definition) is 1. The highest BCUT2D eigenvalue weighted by atomic mass is 28.2. The smallest absolute Gasteiger partial charge is 0.167 e. The molecule has 1 N–H and O–H groups in total. The van der Waals surface area contributed by atoms with Gasteiger partial charge in [0, 0.05) is 5.54 Å². The monoisotopic (exact) mass is 164 g/mol. The first-order chi connectivity index (χ1) is 5.38. The summed E-state index contributed by atoms with van der Waals surface area (Å²) >= 11 is 0. The van der Waals surface area contributed by atoms with Crippen LogP contribution in [-0.2, 0) is 0 Å². The molecule has 11 heavy (non-hydrogen) atoms. The van der Waals surface area contributed by atoms with Crippen LogP contribution in [0.2, 0.25) is 0 Å². The van der Waals surface area contributed by atoms with Gasteiger partial charge in [0.2, 0.25) is 0 Å². The molecular weight excluding hydrogens is 152 g/mol. The SMILES string of the molecule is C=CC([SiH2]O)c1ccccc1. The topological polar surface area (TPSA) is 20.2 Å². The first-order valence-corrected chi connectivity index (χ1v) is 5.11. The van der Waals surface area contributed by atoms with Crippen LogP contribution in [-0.4, -0.2) is 14.6 Å². The lowest BCUT2D eigenvalue weighted by molar-refractivity contribution is 0.593. The zero-order valence-electron chi connectivity index (χ0n) is 6.40. The summed E-state index contributed by atoms with van der Waals surface area (Å²) < 4.78 is 0. The third kappa shape index (κ3) is 2.03. The average molecular weight is 164 g/mol. The van der Waals surface area contributed by atoms with Crippen molar-refractivity contribution in [3.05, 3.63) is 48.6 Å². The molecule has 0 spiro atoms. The Balaban J connectivity index is 2.82. The van der Waals surface area contributed by atoms with E-state index in [4.69, 9.17) is 4.80 Å². The summed E-state index contributed by atoms with van der Waals surface area (Å²) in [5.41, 5.74) is 1.40. The first-order valence-electron chi connectivity index (χ1n) is 3.67. The Morgan fingerprint density at radius 2 is 2.00 bits per heavy atom. The molecule has 0 radical (unpaired) electrons. The number of benzene rings is 1. The normalized spacial score (nSPS) is 13.5. The fraction of sp³-hybridized carbons (Fsp3) is 0.111. The van der Waals surface area contributed by atoms with Gasteiger partial charge in [-0.25, -0.2) is 0 Å². The van der Waals surface area contributed by atoms with E-state index in [2.05, 4.69) is 6.58 Å². The second-order valence-corrected chi connectivity index (χ2v) is 3.68. The van der Waals surface area contributed by atoms with Crippen molar-refractivity contribution in [2.45, 2.75) is 5.54 Å². The highest BCUT2D eigenvalue weighted by molar-refractivity contribution is 6.29. The molecule has 0 saturated heterocycles. The Hall–Kier alpha value is -0.863. The van der Waals surface area contributed by atoms with Gasteiger partial charge in [0.25, 0.3) is 0 Å². The molecule has 0 heterocycles. The van der Waals surface area contributed by atoms with E-state index in [1.165, 1.54) is 5.56 Å². The van der Waals surface area contributed by atoms with Gasteiger partial charge in [0.1, 0.15) is 0 Å². The predicted octanol–water partition coefficient (Wildman–Crippen LogP) is 0.990. The van der Waals surface area contributed by atoms with E-state index in [-0.39, 0.29) is 5.54 Å². The van der Waals surface area contributed by atoms with E-state index in [9.17, 15) is 0 Å². The highest BCUT2D eigenvalue weighted by Crippen LogP contribution is 2.13. The predicted molar refractivity (Wildman–Crippen MR) is 50.1 cm³/mol. The van der Waals surface area contributed by atoms with Gasteiger partial charge >= 0.3 is 0 Å². The molecule has 1 atom stereocenters. The maximum absolute atomic E-state index is 9.05. The maximum atomic E-state index is 9.05. The van der Waals surface area contributed by atoms with E-state index in [0.29, 0.717) is 0 Å². The minimum Gasteiger partial charge on any atom is -0.437 e. The quantitative estimate of drug-likeness (QED) is 0.522. The summed E-state index contributed by atoms with van der Waals surface area (Å²) in [7, 11) is -0.988. The van der Waals surface area contributed by atoms with Gasteiger partial charge < -0.3 is 4.80 Å². The van der Waals surface area contributed by atoms with Gasteiger partial charge in [-0.2, -0.15) is 0 Å². The lowest BCUT2D eigenvalue weighted by Gasteiger charge is -2.06. The largest absolute Gasteiger partial charge is 0.437 e. The van der Waals surface area contributed by atoms with Crippen molar-refractivity contribution in [3.8, 4) is 0 Å². The lowest BCUT2D eigenvalue weighted by Crippen LogP contribution is -2.03. The van der Waals surface area contributed by atoms with Crippen molar-refractivity contribution >= 4 is 9.76 Å². The number of rotatable bonds is 3. The van der Waals surface area contributed by atoms with Crippen LogP contribution in [0.3, 0.4) is 0 Å². The molecule has 1 aromatic rings. The lowest BCUT2D eigenvalue weighted by atomic mass is 10.1. The van der Waals surface area contributed by atoms with Crippen molar-refractivity contribution in [2.75, 3.05) is 0 Å². The summed E-state index contributed by atoms with van der Waals surface area (Å²) in [6, 6.07) is 9.99. The summed E-state index contributed by atoms with van der Waals surface area (Å²) in [6.07, 6.45) is 1.82. The van der Waals surface area contributed by atoms with Crippen LogP contribution in [0.15, 0.2) is 43.0 Å². The van der Waals surface area contributed by atoms with Crippen LogP contribution >= 0.6 is 0 Å². The molecule has 1 rings (SSSR count). The third-order valence-electron chi connectivity index (χ3n) is 1.71. The van der Waals surface area contributed by atoms with E-state index in [0.717, 1.165) is 0 Å². The summed E-state index contributed by atoms with van der Waals surface area (Å²) in [4.78, 5) is 9.05. The molecule has 1 aromatic carbocycles. The van der Waals surface area contributed by atoms with Crippen LogP contribution in [0, 0.1) is 0 Å². The molecule has 0 aromatic heterocycles. The Labute approximate surface area is 69.3 Å². The van der Waals surface area contributed by atoms with Crippen LogP contribution in [0.4, 0.5) is 0 Å². The van der Waals surface area contributed by atoms with Gasteiger partial charge in [0.05, 0.1) is 0 Å². The van der Waals surface area contributed by atoms with Gasteiger partial charge in [-0.15, -0.1) is 6.58 Å². The fourth-order valence-corrected chi connectivity index (χ4v) is 1.65. The molecule has 0 saturated carbocycles. The second-order valence-electron chi connectivity index (χ2n) is 2.44. The summed E-state index contributed by atoms with van der Waals surface area (Å²) in [5, 5.41) is 0. The third-order valence-corrected chi connectivity index (χ3v) is 2.91.